The summed E-state index contributed by atoms with van der Waals surface area (Å²) in [6.45, 7) is 3.32. The summed E-state index contributed by atoms with van der Waals surface area (Å²) >= 11 is 0. The molecule has 4 N–H and O–H groups in total. The number of alkyl carbamates (subject to hydrolysis) is 1. The predicted molar refractivity (Wildman–Crippen MR) is 146 cm³/mol. The molecule has 2 amide bonds. The highest BCUT2D eigenvalue weighted by atomic mass is 19.1. The number of nitrogens with zero attached hydrogens (tertiary/aromatic N) is 4. The molecule has 0 radical (unpaired) electrons. The number of amides is 2. The van der Waals surface area contributed by atoms with Gasteiger partial charge in [-0.15, -0.1) is 0 Å². The zero-order chi connectivity index (χ0) is 30.9. The van der Waals surface area contributed by atoms with Gasteiger partial charge in [-0.1, -0.05) is 6.92 Å². The molecule has 0 bridgehead atoms. The van der Waals surface area contributed by atoms with Crippen LogP contribution in [0.15, 0.2) is 28.3 Å². The summed E-state index contributed by atoms with van der Waals surface area (Å²) in [5.41, 5.74) is -1.03. The molecule has 1 saturated carbocycles. The van der Waals surface area contributed by atoms with Crippen molar-refractivity contribution in [1.29, 1.82) is 0 Å². The van der Waals surface area contributed by atoms with Crippen LogP contribution in [0.4, 0.5) is 15.0 Å². The van der Waals surface area contributed by atoms with Gasteiger partial charge in [0.15, 0.2) is 11.6 Å². The number of carboxylic acids is 2. The minimum Gasteiger partial charge on any atom is -0.477 e. The number of hydrogen-bond acceptors (Lipinski definition) is 9. The minimum absolute atomic E-state index is 0.0278. The maximum absolute atomic E-state index is 15.2. The number of carbonyl (C=O) groups is 4. The number of anilines is 1. The van der Waals surface area contributed by atoms with Gasteiger partial charge in [0.05, 0.1) is 29.5 Å². The molecule has 15 heteroatoms. The van der Waals surface area contributed by atoms with Gasteiger partial charge in [-0.2, -0.15) is 0 Å². The van der Waals surface area contributed by atoms with Crippen LogP contribution in [0.2, 0.25) is 0 Å². The zero-order valence-corrected chi connectivity index (χ0v) is 23.3. The van der Waals surface area contributed by atoms with E-state index in [9.17, 15) is 39.3 Å². The third-order valence-electron chi connectivity index (χ3n) is 8.80. The van der Waals surface area contributed by atoms with E-state index in [0.717, 1.165) is 23.8 Å². The van der Waals surface area contributed by atoms with Crippen LogP contribution in [-0.2, 0) is 14.3 Å². The van der Waals surface area contributed by atoms with Gasteiger partial charge < -0.3 is 39.7 Å². The van der Waals surface area contributed by atoms with E-state index in [1.807, 2.05) is 0 Å². The number of aromatic nitrogens is 2. The predicted octanol–water partition coefficient (Wildman–Crippen LogP) is 1.07. The number of aliphatic hydroxyl groups excluding tert-OH is 1. The molecule has 5 heterocycles. The number of β-lactam (4-membered cyclic amide) rings is 1. The third kappa shape index (κ3) is 4.67. The third-order valence-corrected chi connectivity index (χ3v) is 8.80. The molecular weight excluding hydrogens is 569 g/mol. The van der Waals surface area contributed by atoms with E-state index >= 15 is 4.39 Å². The van der Waals surface area contributed by atoms with Crippen LogP contribution in [0.1, 0.15) is 49.5 Å². The van der Waals surface area contributed by atoms with Crippen molar-refractivity contribution in [1.82, 2.24) is 19.8 Å². The number of aliphatic hydroxyl groups is 1. The highest BCUT2D eigenvalue weighted by molar-refractivity contribution is 6.00. The second-order valence-electron chi connectivity index (χ2n) is 11.6. The molecule has 2 aromatic rings. The summed E-state index contributed by atoms with van der Waals surface area (Å²) in [5, 5.41) is 31.7. The van der Waals surface area contributed by atoms with Crippen molar-refractivity contribution in [3.8, 4) is 0 Å². The summed E-state index contributed by atoms with van der Waals surface area (Å²) in [5.74, 6) is -5.21. The number of rotatable bonds is 8. The Kier molecular flexibility index (Phi) is 6.86. The Morgan fingerprint density at radius 1 is 1.19 bits per heavy atom. The lowest BCUT2D eigenvalue weighted by Gasteiger charge is -2.46. The van der Waals surface area contributed by atoms with E-state index < -0.39 is 70.8 Å². The van der Waals surface area contributed by atoms with Crippen molar-refractivity contribution in [2.75, 3.05) is 24.6 Å². The Hall–Kier alpha value is -4.53. The van der Waals surface area contributed by atoms with Gasteiger partial charge in [0, 0.05) is 36.8 Å². The lowest BCUT2D eigenvalue weighted by atomic mass is 9.78. The number of carbonyl (C=O) groups excluding carboxylic acids is 2. The second-order valence-corrected chi connectivity index (χ2v) is 11.6. The fraction of sp³-hybridized carbons (Fsp3) is 0.500. The molecule has 2 aromatic heterocycles. The molecule has 3 fully saturated rings. The largest absolute Gasteiger partial charge is 0.477 e. The van der Waals surface area contributed by atoms with E-state index in [0.29, 0.717) is 13.0 Å². The summed E-state index contributed by atoms with van der Waals surface area (Å²) in [6, 6.07) is -0.0102. The van der Waals surface area contributed by atoms with Gasteiger partial charge >= 0.3 is 18.0 Å². The molecule has 3 aliphatic heterocycles. The van der Waals surface area contributed by atoms with Crippen LogP contribution in [0.5, 0.6) is 0 Å². The molecule has 5 atom stereocenters. The van der Waals surface area contributed by atoms with Crippen molar-refractivity contribution in [3.05, 3.63) is 45.1 Å². The standard InChI is InChI=1S/C28H30FN5O9/c1-11-17(21(27(40)41)34-20(11)19(12(2)35)25(34)37)10-43-28(42)30-13-5-6-32(8-13)24-18(29)7-15-22(36)16(26(38)39)9-33(14-3-4-14)23(15)31-24/h7,9,11-14,19-20,35H,3-6,8,10H2,1-2H3,(H,30,42)(H,38,39)(H,40,41)/t11-,12+,13?,19-,20+/m1/s1. The number of fused-ring (bicyclic) bond motifs is 2. The number of nitrogens with one attached hydrogen (secondary N) is 1. The first-order valence-electron chi connectivity index (χ1n) is 14.0. The highest BCUT2D eigenvalue weighted by Crippen LogP contribution is 2.47. The summed E-state index contributed by atoms with van der Waals surface area (Å²) in [6.07, 6.45) is 1.46. The van der Waals surface area contributed by atoms with Gasteiger partial charge in [0.2, 0.25) is 11.3 Å². The molecule has 2 saturated heterocycles. The monoisotopic (exact) mass is 599 g/mol. The fourth-order valence-corrected chi connectivity index (χ4v) is 6.50. The van der Waals surface area contributed by atoms with Crippen molar-refractivity contribution in [2.45, 2.75) is 57.3 Å². The van der Waals surface area contributed by atoms with E-state index in [1.54, 1.807) is 16.4 Å². The van der Waals surface area contributed by atoms with Gasteiger partial charge in [0.1, 0.15) is 23.5 Å². The van der Waals surface area contributed by atoms with E-state index in [4.69, 9.17) is 4.74 Å². The fourth-order valence-electron chi connectivity index (χ4n) is 6.50. The van der Waals surface area contributed by atoms with Crippen molar-refractivity contribution in [2.24, 2.45) is 11.8 Å². The van der Waals surface area contributed by atoms with Crippen molar-refractivity contribution < 1.29 is 43.6 Å². The molecule has 1 unspecified atom stereocenters. The molecule has 0 spiro atoms. The smallest absolute Gasteiger partial charge is 0.407 e. The maximum atomic E-state index is 15.2. The minimum atomic E-state index is -1.40. The van der Waals surface area contributed by atoms with E-state index in [-0.39, 0.29) is 47.3 Å². The molecule has 4 aliphatic rings. The molecule has 1 aliphatic carbocycles. The van der Waals surface area contributed by atoms with Gasteiger partial charge in [-0.3, -0.25) is 9.59 Å². The van der Waals surface area contributed by atoms with Crippen LogP contribution in [0, 0.1) is 17.7 Å². The maximum Gasteiger partial charge on any atom is 0.407 e. The van der Waals surface area contributed by atoms with Crippen LogP contribution in [-0.4, -0.2) is 91.6 Å². The Bertz CT molecular complexity index is 1670. The number of aromatic carboxylic acids is 1. The summed E-state index contributed by atoms with van der Waals surface area (Å²) in [4.78, 5) is 68.6. The van der Waals surface area contributed by atoms with Gasteiger partial charge in [0.25, 0.3) is 0 Å². The van der Waals surface area contributed by atoms with Crippen molar-refractivity contribution in [3.63, 3.8) is 0 Å². The second kappa shape index (κ2) is 10.3. The summed E-state index contributed by atoms with van der Waals surface area (Å²) in [7, 11) is 0. The zero-order valence-electron chi connectivity index (χ0n) is 23.3. The van der Waals surface area contributed by atoms with E-state index in [2.05, 4.69) is 10.3 Å². The lowest BCUT2D eigenvalue weighted by molar-refractivity contribution is -0.163. The number of pyridine rings is 2. The lowest BCUT2D eigenvalue weighted by Crippen LogP contribution is -2.63. The average molecular weight is 600 g/mol. The molecular formula is C28H30FN5O9. The van der Waals surface area contributed by atoms with Crippen LogP contribution >= 0.6 is 0 Å². The molecule has 6 rings (SSSR count). The van der Waals surface area contributed by atoms with Gasteiger partial charge in [-0.05, 0) is 32.3 Å². The Balaban J connectivity index is 1.14. The highest BCUT2D eigenvalue weighted by Gasteiger charge is 2.59. The van der Waals surface area contributed by atoms with Crippen LogP contribution < -0.4 is 15.6 Å². The topological polar surface area (TPSA) is 192 Å². The first-order chi connectivity index (χ1) is 20.4. The van der Waals surface area contributed by atoms with Crippen LogP contribution in [0.25, 0.3) is 11.0 Å². The molecule has 14 nitrogen and oxygen atoms in total. The van der Waals surface area contributed by atoms with Gasteiger partial charge in [-0.25, -0.2) is 23.8 Å². The Morgan fingerprint density at radius 2 is 1.91 bits per heavy atom. The SMILES string of the molecule is C[C@H](O)[C@H]1C(=O)N2C(C(=O)O)=C(COC(=O)NC3CCN(c4nc5c(cc4F)c(=O)c(C(=O)O)cn5C4CC4)C3)[C@@H](C)[C@@H]12. The first kappa shape index (κ1) is 28.6. The van der Waals surface area contributed by atoms with Crippen LogP contribution in [0.3, 0.4) is 0 Å². The number of ether oxygens (including phenoxy) is 1. The molecule has 0 aromatic carbocycles. The Labute approximate surface area is 243 Å². The first-order valence-corrected chi connectivity index (χ1v) is 14.0. The van der Waals surface area contributed by atoms with E-state index in [1.165, 1.54) is 13.1 Å². The normalized spacial score (nSPS) is 25.5. The summed E-state index contributed by atoms with van der Waals surface area (Å²) < 4.78 is 22.2. The van der Waals surface area contributed by atoms with Crippen molar-refractivity contribution >= 4 is 40.8 Å². The number of aliphatic carboxylic acids is 1. The Morgan fingerprint density at radius 3 is 2.53 bits per heavy atom. The molecule has 228 valence electrons. The number of carboxylic acid groups (broad SMARTS) is 2. The number of hydrogen-bond donors (Lipinski definition) is 4. The number of halogens is 1. The average Bonchev–Trinajstić information content (AvgIpc) is 3.62. The molecule has 43 heavy (non-hydrogen) atoms. The quantitative estimate of drug-likeness (QED) is 0.317.